The van der Waals surface area contributed by atoms with Crippen LogP contribution in [0.2, 0.25) is 0 Å². The first-order valence-corrected chi connectivity index (χ1v) is 7.81. The van der Waals surface area contributed by atoms with Crippen LogP contribution < -0.4 is 15.4 Å². The van der Waals surface area contributed by atoms with Gasteiger partial charge in [0.05, 0.1) is 23.7 Å². The van der Waals surface area contributed by atoms with Gasteiger partial charge in [0.1, 0.15) is 5.75 Å². The normalized spacial score (nSPS) is 10.5. The molecule has 0 fully saturated rings. The second-order valence-corrected chi connectivity index (χ2v) is 5.35. The van der Waals surface area contributed by atoms with Crippen LogP contribution >= 0.6 is 0 Å². The van der Waals surface area contributed by atoms with E-state index >= 15 is 0 Å². The van der Waals surface area contributed by atoms with Crippen molar-refractivity contribution < 1.29 is 9.53 Å². The third-order valence-electron chi connectivity index (χ3n) is 3.65. The van der Waals surface area contributed by atoms with Crippen LogP contribution in [-0.4, -0.2) is 22.4 Å². The SMILES string of the molecule is CCOc1ccc(NC(=O)Nc2c(C)nn(CC)c2C)cc1C. The van der Waals surface area contributed by atoms with Crippen molar-refractivity contribution in [3.8, 4) is 5.75 Å². The van der Waals surface area contributed by atoms with Gasteiger partial charge in [0.2, 0.25) is 0 Å². The van der Waals surface area contributed by atoms with Gasteiger partial charge in [-0.2, -0.15) is 5.10 Å². The minimum absolute atomic E-state index is 0.282. The molecule has 0 radical (unpaired) electrons. The van der Waals surface area contributed by atoms with Gasteiger partial charge >= 0.3 is 6.03 Å². The molecular formula is C17H24N4O2. The first-order valence-electron chi connectivity index (χ1n) is 7.81. The average Bonchev–Trinajstić information content (AvgIpc) is 2.77. The van der Waals surface area contributed by atoms with Gasteiger partial charge in [0, 0.05) is 12.2 Å². The van der Waals surface area contributed by atoms with E-state index < -0.39 is 0 Å². The fraction of sp³-hybridized carbons (Fsp3) is 0.412. The third kappa shape index (κ3) is 3.83. The van der Waals surface area contributed by atoms with Gasteiger partial charge in [-0.3, -0.25) is 4.68 Å². The highest BCUT2D eigenvalue weighted by Gasteiger charge is 2.13. The number of aromatic nitrogens is 2. The molecule has 0 spiro atoms. The summed E-state index contributed by atoms with van der Waals surface area (Å²) in [6.07, 6.45) is 0. The van der Waals surface area contributed by atoms with E-state index in [1.165, 1.54) is 0 Å². The molecule has 0 aliphatic carbocycles. The Morgan fingerprint density at radius 1 is 1.22 bits per heavy atom. The van der Waals surface area contributed by atoms with E-state index in [-0.39, 0.29) is 6.03 Å². The number of hydrogen-bond acceptors (Lipinski definition) is 3. The Kier molecular flexibility index (Phi) is 5.26. The summed E-state index contributed by atoms with van der Waals surface area (Å²) in [7, 11) is 0. The molecule has 0 aliphatic rings. The summed E-state index contributed by atoms with van der Waals surface area (Å²) in [5, 5.41) is 10.1. The molecule has 6 nitrogen and oxygen atoms in total. The molecule has 2 amide bonds. The van der Waals surface area contributed by atoms with E-state index in [9.17, 15) is 4.79 Å². The standard InChI is InChI=1S/C17H24N4O2/c1-6-21-13(5)16(12(4)20-21)19-17(22)18-14-8-9-15(23-7-2)11(3)10-14/h8-10H,6-7H2,1-5H3,(H2,18,19,22). The van der Waals surface area contributed by atoms with E-state index in [2.05, 4.69) is 15.7 Å². The molecule has 2 aromatic rings. The molecule has 0 saturated heterocycles. The molecule has 124 valence electrons. The van der Waals surface area contributed by atoms with Crippen LogP contribution in [0, 0.1) is 20.8 Å². The Morgan fingerprint density at radius 2 is 1.96 bits per heavy atom. The van der Waals surface area contributed by atoms with Gasteiger partial charge in [-0.1, -0.05) is 0 Å². The zero-order chi connectivity index (χ0) is 17.0. The van der Waals surface area contributed by atoms with Gasteiger partial charge in [-0.15, -0.1) is 0 Å². The van der Waals surface area contributed by atoms with E-state index in [0.717, 1.165) is 40.6 Å². The van der Waals surface area contributed by atoms with Gasteiger partial charge in [0.25, 0.3) is 0 Å². The Labute approximate surface area is 136 Å². The smallest absolute Gasteiger partial charge is 0.323 e. The lowest BCUT2D eigenvalue weighted by atomic mass is 10.2. The summed E-state index contributed by atoms with van der Waals surface area (Å²) >= 11 is 0. The van der Waals surface area contributed by atoms with Gasteiger partial charge < -0.3 is 15.4 Å². The van der Waals surface area contributed by atoms with Gasteiger partial charge in [-0.05, 0) is 58.4 Å². The maximum absolute atomic E-state index is 12.2. The average molecular weight is 316 g/mol. The van der Waals surface area contributed by atoms with Crippen molar-refractivity contribution in [3.63, 3.8) is 0 Å². The first-order chi connectivity index (χ1) is 11.0. The van der Waals surface area contributed by atoms with Crippen molar-refractivity contribution in [2.24, 2.45) is 0 Å². The Morgan fingerprint density at radius 3 is 2.52 bits per heavy atom. The van der Waals surface area contributed by atoms with E-state index in [0.29, 0.717) is 6.61 Å². The number of benzene rings is 1. The highest BCUT2D eigenvalue weighted by atomic mass is 16.5. The van der Waals surface area contributed by atoms with Crippen LogP contribution in [-0.2, 0) is 6.54 Å². The topological polar surface area (TPSA) is 68.2 Å². The maximum atomic E-state index is 12.2. The highest BCUT2D eigenvalue weighted by Crippen LogP contribution is 2.23. The molecule has 1 aromatic carbocycles. The van der Waals surface area contributed by atoms with Crippen LogP contribution in [0.4, 0.5) is 16.2 Å². The number of nitrogens with one attached hydrogen (secondary N) is 2. The highest BCUT2D eigenvalue weighted by molar-refractivity contribution is 6.00. The number of anilines is 2. The van der Waals surface area contributed by atoms with Crippen molar-refractivity contribution in [3.05, 3.63) is 35.2 Å². The third-order valence-corrected chi connectivity index (χ3v) is 3.65. The minimum atomic E-state index is -0.282. The summed E-state index contributed by atoms with van der Waals surface area (Å²) in [5.74, 6) is 0.828. The molecule has 0 bridgehead atoms. The van der Waals surface area contributed by atoms with Gasteiger partial charge in [-0.25, -0.2) is 4.79 Å². The van der Waals surface area contributed by atoms with Gasteiger partial charge in [0.15, 0.2) is 0 Å². The molecule has 0 aliphatic heterocycles. The number of aryl methyl sites for hydroxylation is 3. The van der Waals surface area contributed by atoms with E-state index in [1.54, 1.807) is 0 Å². The molecule has 2 N–H and O–H groups in total. The summed E-state index contributed by atoms with van der Waals surface area (Å²) in [4.78, 5) is 12.2. The maximum Gasteiger partial charge on any atom is 0.323 e. The van der Waals surface area contributed by atoms with Crippen molar-refractivity contribution in [2.75, 3.05) is 17.2 Å². The number of carbonyl (C=O) groups excluding carboxylic acids is 1. The predicted octanol–water partition coefficient (Wildman–Crippen LogP) is 3.87. The number of hydrogen-bond donors (Lipinski definition) is 2. The number of urea groups is 1. The molecule has 23 heavy (non-hydrogen) atoms. The van der Waals surface area contributed by atoms with Crippen LogP contribution in [0.1, 0.15) is 30.8 Å². The molecule has 0 saturated carbocycles. The van der Waals surface area contributed by atoms with E-state index in [4.69, 9.17) is 4.74 Å². The molecule has 1 aromatic heterocycles. The fourth-order valence-corrected chi connectivity index (χ4v) is 2.51. The molecule has 6 heteroatoms. The minimum Gasteiger partial charge on any atom is -0.494 e. The van der Waals surface area contributed by atoms with Crippen molar-refractivity contribution in [1.29, 1.82) is 0 Å². The molecule has 0 unspecified atom stereocenters. The second-order valence-electron chi connectivity index (χ2n) is 5.35. The summed E-state index contributed by atoms with van der Waals surface area (Å²) in [6.45, 7) is 11.1. The van der Waals surface area contributed by atoms with Crippen LogP contribution in [0.25, 0.3) is 0 Å². The molecular weight excluding hydrogens is 292 g/mol. The van der Waals surface area contributed by atoms with Crippen molar-refractivity contribution >= 4 is 17.4 Å². The Bertz CT molecular complexity index is 707. The molecule has 0 atom stereocenters. The first kappa shape index (κ1) is 16.9. The fourth-order valence-electron chi connectivity index (χ4n) is 2.51. The Hall–Kier alpha value is -2.50. The summed E-state index contributed by atoms with van der Waals surface area (Å²) in [6, 6.07) is 5.29. The molecule has 1 heterocycles. The number of rotatable bonds is 5. The lowest BCUT2D eigenvalue weighted by Crippen LogP contribution is -2.20. The van der Waals surface area contributed by atoms with Crippen LogP contribution in [0.15, 0.2) is 18.2 Å². The number of ether oxygens (including phenoxy) is 1. The molecule has 2 rings (SSSR count). The Balaban J connectivity index is 2.08. The quantitative estimate of drug-likeness (QED) is 0.880. The number of amides is 2. The second kappa shape index (κ2) is 7.17. The number of carbonyl (C=O) groups is 1. The summed E-state index contributed by atoms with van der Waals surface area (Å²) in [5.41, 5.74) is 4.22. The van der Waals surface area contributed by atoms with Crippen LogP contribution in [0.5, 0.6) is 5.75 Å². The predicted molar refractivity (Wildman–Crippen MR) is 92.4 cm³/mol. The van der Waals surface area contributed by atoms with Crippen molar-refractivity contribution in [2.45, 2.75) is 41.2 Å². The summed E-state index contributed by atoms with van der Waals surface area (Å²) < 4.78 is 7.37. The zero-order valence-corrected chi connectivity index (χ0v) is 14.4. The van der Waals surface area contributed by atoms with Crippen molar-refractivity contribution in [1.82, 2.24) is 9.78 Å². The van der Waals surface area contributed by atoms with Crippen LogP contribution in [0.3, 0.4) is 0 Å². The largest absolute Gasteiger partial charge is 0.494 e. The lowest BCUT2D eigenvalue weighted by Gasteiger charge is -2.11. The zero-order valence-electron chi connectivity index (χ0n) is 14.4. The van der Waals surface area contributed by atoms with E-state index in [1.807, 2.05) is 57.5 Å². The number of nitrogens with zero attached hydrogens (tertiary/aromatic N) is 2. The lowest BCUT2D eigenvalue weighted by molar-refractivity contribution is 0.262. The monoisotopic (exact) mass is 316 g/mol.